The van der Waals surface area contributed by atoms with Gasteiger partial charge in [0.15, 0.2) is 0 Å². The van der Waals surface area contributed by atoms with Gasteiger partial charge in [-0.3, -0.25) is 9.32 Å². The molecule has 6 atom stereocenters. The third kappa shape index (κ3) is 10.5. The zero-order valence-corrected chi connectivity index (χ0v) is 27.8. The van der Waals surface area contributed by atoms with Crippen molar-refractivity contribution in [2.75, 3.05) is 0 Å². The van der Waals surface area contributed by atoms with E-state index in [-0.39, 0.29) is 27.1 Å². The van der Waals surface area contributed by atoms with E-state index in [9.17, 15) is 24.4 Å². The molecule has 1 aliphatic carbocycles. The van der Waals surface area contributed by atoms with E-state index in [1.54, 1.807) is 20.8 Å². The summed E-state index contributed by atoms with van der Waals surface area (Å²) in [6, 6.07) is 23.7. The van der Waals surface area contributed by atoms with Crippen LogP contribution in [0.4, 0.5) is 4.79 Å². The maximum atomic E-state index is 14.0. The fraction of sp³-hybridized carbons (Fsp3) is 0.444. The smallest absolute Gasteiger partial charge is 0.407 e. The summed E-state index contributed by atoms with van der Waals surface area (Å²) in [6.45, 7) is 7.15. The molecule has 4 N–H and O–H groups in total. The summed E-state index contributed by atoms with van der Waals surface area (Å²) in [4.78, 5) is 26.8. The van der Waals surface area contributed by atoms with E-state index in [1.165, 1.54) is 0 Å². The topological polar surface area (TPSA) is 134 Å². The van der Waals surface area contributed by atoms with E-state index < -0.39 is 41.9 Å². The molecule has 0 bridgehead atoms. The summed E-state index contributed by atoms with van der Waals surface area (Å²) in [5.74, 6) is -0.975. The summed E-state index contributed by atoms with van der Waals surface area (Å²) in [7, 11) is -0.362. The Bertz CT molecular complexity index is 1440. The van der Waals surface area contributed by atoms with Crippen LogP contribution < -0.4 is 10.6 Å². The van der Waals surface area contributed by atoms with Gasteiger partial charge in [0.25, 0.3) is 0 Å². The number of alkyl carbamates (subject to hydrolysis) is 1. The van der Waals surface area contributed by atoms with Crippen molar-refractivity contribution in [3.63, 3.8) is 0 Å². The van der Waals surface area contributed by atoms with Gasteiger partial charge in [0.1, 0.15) is 5.60 Å². The average molecular weight is 649 g/mol. The molecule has 0 spiro atoms. The largest absolute Gasteiger partial charge is 0.444 e. The van der Waals surface area contributed by atoms with Crippen LogP contribution in [0.1, 0.15) is 68.0 Å². The molecule has 4 rings (SSSR count). The van der Waals surface area contributed by atoms with Gasteiger partial charge in [-0.2, -0.15) is 0 Å². The molecule has 9 nitrogen and oxygen atoms in total. The van der Waals surface area contributed by atoms with E-state index in [0.717, 1.165) is 27.8 Å². The van der Waals surface area contributed by atoms with E-state index >= 15 is 0 Å². The van der Waals surface area contributed by atoms with Crippen molar-refractivity contribution < 1.29 is 33.6 Å². The van der Waals surface area contributed by atoms with Crippen LogP contribution in [-0.2, 0) is 44.3 Å². The lowest BCUT2D eigenvalue weighted by Gasteiger charge is -2.30. The molecule has 0 aromatic heterocycles. The van der Waals surface area contributed by atoms with Gasteiger partial charge in [0.2, 0.25) is 5.91 Å². The predicted octanol–water partition coefficient (Wildman–Crippen LogP) is 5.66. The van der Waals surface area contributed by atoms with Gasteiger partial charge in [-0.25, -0.2) is 9.36 Å². The number of aliphatic hydroxyl groups is 2. The van der Waals surface area contributed by atoms with Gasteiger partial charge in [0, 0.05) is 12.3 Å². The summed E-state index contributed by atoms with van der Waals surface area (Å²) < 4.78 is 21.4. The zero-order valence-electron chi connectivity index (χ0n) is 26.9. The van der Waals surface area contributed by atoms with Gasteiger partial charge in [-0.05, 0) is 81.2 Å². The summed E-state index contributed by atoms with van der Waals surface area (Å²) in [6.07, 6.45) is -0.985. The van der Waals surface area contributed by atoms with Crippen molar-refractivity contribution in [3.05, 3.63) is 107 Å². The van der Waals surface area contributed by atoms with Gasteiger partial charge >= 0.3 is 14.8 Å². The number of fused-ring (bicyclic) bond motifs is 1. The fourth-order valence-electron chi connectivity index (χ4n) is 5.91. The van der Waals surface area contributed by atoms with Gasteiger partial charge in [0.05, 0.1) is 30.4 Å². The Hall–Kier alpha value is -3.62. The Balaban J connectivity index is 1.56. The second-order valence-electron chi connectivity index (χ2n) is 13.1. The van der Waals surface area contributed by atoms with Crippen LogP contribution >= 0.6 is 8.69 Å². The quantitative estimate of drug-likeness (QED) is 0.166. The highest BCUT2D eigenvalue weighted by Crippen LogP contribution is 2.32. The molecule has 0 saturated carbocycles. The van der Waals surface area contributed by atoms with Crippen LogP contribution in [0.15, 0.2) is 78.9 Å². The third-order valence-electron chi connectivity index (χ3n) is 8.11. The number of hydrogen-bond acceptors (Lipinski definition) is 7. The van der Waals surface area contributed by atoms with Crippen molar-refractivity contribution in [1.82, 2.24) is 10.6 Å². The zero-order chi connectivity index (χ0) is 33.3. The molecule has 3 aromatic carbocycles. The Kier molecular flexibility index (Phi) is 12.5. The number of nitrogens with one attached hydrogen (secondary N) is 2. The lowest BCUT2D eigenvalue weighted by Crippen LogP contribution is -2.48. The Morgan fingerprint density at radius 1 is 0.913 bits per heavy atom. The second kappa shape index (κ2) is 16.3. The molecule has 10 heteroatoms. The molecule has 1 aliphatic rings. The molecule has 4 unspecified atom stereocenters. The van der Waals surface area contributed by atoms with Crippen molar-refractivity contribution in [3.8, 4) is 0 Å². The van der Waals surface area contributed by atoms with E-state index in [4.69, 9.17) is 9.26 Å². The van der Waals surface area contributed by atoms with Crippen LogP contribution in [0.3, 0.4) is 0 Å². The maximum Gasteiger partial charge on any atom is 0.407 e. The minimum atomic E-state index is -1.09. The van der Waals surface area contributed by atoms with Crippen LogP contribution in [-0.4, -0.2) is 52.2 Å². The van der Waals surface area contributed by atoms with Crippen molar-refractivity contribution >= 4 is 20.7 Å². The monoisotopic (exact) mass is 648 g/mol. The first-order valence-electron chi connectivity index (χ1n) is 15.8. The number of aliphatic hydroxyl groups excluding tert-OH is 2. The summed E-state index contributed by atoms with van der Waals surface area (Å²) in [5.41, 5.74) is 3.95. The minimum absolute atomic E-state index is 0.0544. The van der Waals surface area contributed by atoms with Crippen LogP contribution in [0.2, 0.25) is 0 Å². The molecule has 3 aromatic rings. The first kappa shape index (κ1) is 35.2. The molecule has 0 heterocycles. The SMILES string of the molecule is CC(Cc1ccc(CC(CC(O)C(Cc2ccccc2)NC(=O)OC(C)(C)C)C(=O)N[C@H]2c3ccccc3C[C@@H]2O)cc1)OP=O. The second-order valence-corrected chi connectivity index (χ2v) is 13.5. The van der Waals surface area contributed by atoms with E-state index in [1.807, 2.05) is 85.8 Å². The fourth-order valence-corrected chi connectivity index (χ4v) is 6.13. The molecule has 0 fully saturated rings. The number of carbonyl (C=O) groups excluding carboxylic acids is 2. The van der Waals surface area contributed by atoms with Crippen molar-refractivity contribution in [2.45, 2.75) is 95.8 Å². The van der Waals surface area contributed by atoms with Gasteiger partial charge in [-0.15, -0.1) is 0 Å². The number of ether oxygens (including phenoxy) is 1. The van der Waals surface area contributed by atoms with E-state index in [0.29, 0.717) is 25.7 Å². The van der Waals surface area contributed by atoms with Gasteiger partial charge in [-0.1, -0.05) is 78.9 Å². The normalized spacial score (nSPS) is 18.7. The van der Waals surface area contributed by atoms with Crippen molar-refractivity contribution in [1.29, 1.82) is 0 Å². The van der Waals surface area contributed by atoms with Crippen LogP contribution in [0.25, 0.3) is 0 Å². The molecule has 0 radical (unpaired) electrons. The molecule has 2 amide bonds. The number of hydrogen-bond donors (Lipinski definition) is 4. The van der Waals surface area contributed by atoms with Gasteiger partial charge < -0.3 is 25.6 Å². The molecule has 0 aliphatic heterocycles. The lowest BCUT2D eigenvalue weighted by atomic mass is 9.88. The van der Waals surface area contributed by atoms with Crippen LogP contribution in [0, 0.1) is 5.92 Å². The first-order valence-corrected chi connectivity index (χ1v) is 16.5. The predicted molar refractivity (Wildman–Crippen MR) is 176 cm³/mol. The Labute approximate surface area is 273 Å². The standard InChI is InChI=1S/C36H45N2O7P/c1-23(45-46-43)18-25-14-16-26(17-15-25)19-28(34(41)38-33-29-13-9-8-12-27(29)21-32(33)40)22-31(39)30(20-24-10-6-5-7-11-24)37-35(42)44-36(2,3)4/h5-17,23,28,30-33,39-40H,18-22H2,1-4H3,(H,37,42)(H,38,41)/t23?,28?,30?,31?,32-,33-/m0/s1. The highest BCUT2D eigenvalue weighted by Gasteiger charge is 2.35. The summed E-state index contributed by atoms with van der Waals surface area (Å²) in [5, 5.41) is 28.4. The number of benzene rings is 3. The summed E-state index contributed by atoms with van der Waals surface area (Å²) >= 11 is 0. The number of rotatable bonds is 14. The highest BCUT2D eigenvalue weighted by molar-refractivity contribution is 7.17. The Morgan fingerprint density at radius 3 is 2.17 bits per heavy atom. The third-order valence-corrected chi connectivity index (χ3v) is 8.56. The number of carbonyl (C=O) groups is 2. The first-order chi connectivity index (χ1) is 21.9. The van der Waals surface area contributed by atoms with Crippen molar-refractivity contribution in [2.24, 2.45) is 5.92 Å². The molecule has 0 saturated heterocycles. The maximum absolute atomic E-state index is 14.0. The highest BCUT2D eigenvalue weighted by atomic mass is 31.1. The lowest BCUT2D eigenvalue weighted by molar-refractivity contribution is -0.127. The Morgan fingerprint density at radius 2 is 1.52 bits per heavy atom. The average Bonchev–Trinajstić information content (AvgIpc) is 3.31. The number of amides is 2. The minimum Gasteiger partial charge on any atom is -0.444 e. The molecular weight excluding hydrogens is 603 g/mol. The molecule has 46 heavy (non-hydrogen) atoms. The van der Waals surface area contributed by atoms with E-state index in [2.05, 4.69) is 10.6 Å². The van der Waals surface area contributed by atoms with Crippen LogP contribution in [0.5, 0.6) is 0 Å². The molecular formula is C36H45N2O7P. The molecule has 246 valence electrons.